The standard InChI is InChI=1S/C21H29N3O4S/c1-13-7-5-9-17(11-13)20-23-19(28-24-20)12-29(26,27)16(4)21(25)22-18-10-6-8-14(2)15(18)3/h5,7,9,11,14-16,18H,6,8,10,12H2,1-4H3,(H,22,25)/t14-,15+,16-,18-/m1/s1. The molecule has 29 heavy (non-hydrogen) atoms. The van der Waals surface area contributed by atoms with E-state index < -0.39 is 26.7 Å². The van der Waals surface area contributed by atoms with Crippen molar-refractivity contribution in [3.8, 4) is 11.4 Å². The van der Waals surface area contributed by atoms with E-state index in [0.717, 1.165) is 30.4 Å². The molecule has 0 unspecified atom stereocenters. The average Bonchev–Trinajstić information content (AvgIpc) is 3.12. The normalized spacial score (nSPS) is 23.5. The van der Waals surface area contributed by atoms with Crippen molar-refractivity contribution in [2.75, 3.05) is 0 Å². The molecule has 1 aromatic heterocycles. The van der Waals surface area contributed by atoms with Gasteiger partial charge in [0.25, 0.3) is 0 Å². The zero-order chi connectivity index (χ0) is 21.2. The van der Waals surface area contributed by atoms with Crippen molar-refractivity contribution >= 4 is 15.7 Å². The van der Waals surface area contributed by atoms with E-state index in [2.05, 4.69) is 29.3 Å². The summed E-state index contributed by atoms with van der Waals surface area (Å²) >= 11 is 0. The lowest BCUT2D eigenvalue weighted by molar-refractivity contribution is -0.121. The number of carbonyl (C=O) groups excluding carboxylic acids is 1. The second kappa shape index (κ2) is 8.65. The zero-order valence-electron chi connectivity index (χ0n) is 17.4. The fraction of sp³-hybridized carbons (Fsp3) is 0.571. The minimum Gasteiger partial charge on any atom is -0.352 e. The molecule has 1 aliphatic carbocycles. The molecule has 2 aromatic rings. The van der Waals surface area contributed by atoms with Gasteiger partial charge in [-0.3, -0.25) is 4.79 Å². The van der Waals surface area contributed by atoms with Gasteiger partial charge in [0.15, 0.2) is 9.84 Å². The van der Waals surface area contributed by atoms with Crippen LogP contribution in [-0.2, 0) is 20.4 Å². The Labute approximate surface area is 172 Å². The number of amides is 1. The molecule has 1 aliphatic rings. The van der Waals surface area contributed by atoms with Gasteiger partial charge in [-0.2, -0.15) is 4.98 Å². The van der Waals surface area contributed by atoms with Crippen LogP contribution in [0.3, 0.4) is 0 Å². The number of aromatic nitrogens is 2. The van der Waals surface area contributed by atoms with E-state index in [4.69, 9.17) is 4.52 Å². The summed E-state index contributed by atoms with van der Waals surface area (Å²) in [6.07, 6.45) is 3.07. The van der Waals surface area contributed by atoms with Gasteiger partial charge in [0.2, 0.25) is 17.6 Å². The lowest BCUT2D eigenvalue weighted by Crippen LogP contribution is -2.48. The third-order valence-corrected chi connectivity index (χ3v) is 7.95. The molecular formula is C21H29N3O4S. The Morgan fingerprint density at radius 1 is 1.31 bits per heavy atom. The Morgan fingerprint density at radius 2 is 2.07 bits per heavy atom. The summed E-state index contributed by atoms with van der Waals surface area (Å²) in [5, 5.41) is 5.64. The van der Waals surface area contributed by atoms with Crippen molar-refractivity contribution in [2.45, 2.75) is 64.0 Å². The highest BCUT2D eigenvalue weighted by molar-refractivity contribution is 7.92. The Balaban J connectivity index is 1.66. The van der Waals surface area contributed by atoms with Crippen molar-refractivity contribution in [1.82, 2.24) is 15.5 Å². The molecule has 1 aromatic carbocycles. The molecule has 1 saturated carbocycles. The molecular weight excluding hydrogens is 390 g/mol. The first kappa shape index (κ1) is 21.5. The summed E-state index contributed by atoms with van der Waals surface area (Å²) in [6, 6.07) is 7.56. The maximum absolute atomic E-state index is 12.7. The van der Waals surface area contributed by atoms with E-state index in [1.54, 1.807) is 0 Å². The summed E-state index contributed by atoms with van der Waals surface area (Å²) in [5.74, 6) is 0.239. The Morgan fingerprint density at radius 3 is 2.79 bits per heavy atom. The Bertz CT molecular complexity index is 970. The third-order valence-electron chi connectivity index (χ3n) is 6.01. The van der Waals surface area contributed by atoms with Gasteiger partial charge < -0.3 is 9.84 Å². The van der Waals surface area contributed by atoms with Crippen LogP contribution in [0.25, 0.3) is 11.4 Å². The van der Waals surface area contributed by atoms with Gasteiger partial charge in [-0.05, 0) is 38.2 Å². The van der Waals surface area contributed by atoms with Gasteiger partial charge in [-0.1, -0.05) is 55.6 Å². The maximum Gasteiger partial charge on any atom is 0.242 e. The number of benzene rings is 1. The van der Waals surface area contributed by atoms with Crippen LogP contribution in [0.15, 0.2) is 28.8 Å². The lowest BCUT2D eigenvalue weighted by atomic mass is 9.78. The smallest absolute Gasteiger partial charge is 0.242 e. The first-order valence-electron chi connectivity index (χ1n) is 10.1. The molecule has 7 nitrogen and oxygen atoms in total. The van der Waals surface area contributed by atoms with Crippen LogP contribution < -0.4 is 5.32 Å². The highest BCUT2D eigenvalue weighted by Crippen LogP contribution is 2.29. The van der Waals surface area contributed by atoms with Crippen LogP contribution in [0.4, 0.5) is 0 Å². The van der Waals surface area contributed by atoms with Gasteiger partial charge >= 0.3 is 0 Å². The molecule has 3 rings (SSSR count). The highest BCUT2D eigenvalue weighted by atomic mass is 32.2. The van der Waals surface area contributed by atoms with Gasteiger partial charge in [0.05, 0.1) is 0 Å². The van der Waals surface area contributed by atoms with Crippen LogP contribution in [0.2, 0.25) is 0 Å². The Kier molecular flexibility index (Phi) is 6.41. The predicted molar refractivity (Wildman–Crippen MR) is 111 cm³/mol. The number of hydrogen-bond acceptors (Lipinski definition) is 6. The van der Waals surface area contributed by atoms with E-state index in [9.17, 15) is 13.2 Å². The monoisotopic (exact) mass is 419 g/mol. The summed E-state index contributed by atoms with van der Waals surface area (Å²) in [5.41, 5.74) is 1.79. The first-order valence-corrected chi connectivity index (χ1v) is 11.8. The molecule has 0 bridgehead atoms. The van der Waals surface area contributed by atoms with Crippen molar-refractivity contribution in [1.29, 1.82) is 0 Å². The molecule has 1 N–H and O–H groups in total. The van der Waals surface area contributed by atoms with Crippen molar-refractivity contribution in [3.63, 3.8) is 0 Å². The zero-order valence-corrected chi connectivity index (χ0v) is 18.2. The quantitative estimate of drug-likeness (QED) is 0.771. The van der Waals surface area contributed by atoms with Crippen molar-refractivity contribution < 1.29 is 17.7 Å². The molecule has 0 aliphatic heterocycles. The van der Waals surface area contributed by atoms with Gasteiger partial charge in [0.1, 0.15) is 11.0 Å². The van der Waals surface area contributed by atoms with Crippen LogP contribution in [0, 0.1) is 18.8 Å². The van der Waals surface area contributed by atoms with E-state index in [1.807, 2.05) is 31.2 Å². The molecule has 1 heterocycles. The summed E-state index contributed by atoms with van der Waals surface area (Å²) in [6.45, 7) is 7.65. The molecule has 8 heteroatoms. The highest BCUT2D eigenvalue weighted by Gasteiger charge is 2.34. The van der Waals surface area contributed by atoms with Crippen LogP contribution >= 0.6 is 0 Å². The topological polar surface area (TPSA) is 102 Å². The fourth-order valence-corrected chi connectivity index (χ4v) is 4.87. The van der Waals surface area contributed by atoms with Gasteiger partial charge in [-0.15, -0.1) is 0 Å². The number of aryl methyl sites for hydroxylation is 1. The summed E-state index contributed by atoms with van der Waals surface area (Å²) < 4.78 is 30.6. The molecule has 0 spiro atoms. The molecule has 0 radical (unpaired) electrons. The molecule has 158 valence electrons. The third kappa shape index (κ3) is 5.04. The van der Waals surface area contributed by atoms with Crippen molar-refractivity contribution in [2.24, 2.45) is 11.8 Å². The molecule has 4 atom stereocenters. The number of nitrogens with one attached hydrogen (secondary N) is 1. The molecule has 0 saturated heterocycles. The number of sulfone groups is 1. The fourth-order valence-electron chi connectivity index (χ4n) is 3.76. The number of nitrogens with zero attached hydrogens (tertiary/aromatic N) is 2. The summed E-state index contributed by atoms with van der Waals surface area (Å²) in [4.78, 5) is 16.8. The SMILES string of the molecule is Cc1cccc(-c2noc(CS(=O)(=O)[C@H](C)C(=O)N[C@@H]3CCC[C@@H](C)[C@@H]3C)n2)c1. The largest absolute Gasteiger partial charge is 0.352 e. The maximum atomic E-state index is 12.7. The number of carbonyl (C=O) groups is 1. The first-order chi connectivity index (χ1) is 13.7. The molecule has 1 amide bonds. The average molecular weight is 420 g/mol. The molecule has 1 fully saturated rings. The lowest BCUT2D eigenvalue weighted by Gasteiger charge is -2.35. The minimum atomic E-state index is -3.78. The van der Waals surface area contributed by atoms with Crippen LogP contribution in [-0.4, -0.2) is 35.8 Å². The van der Waals surface area contributed by atoms with E-state index in [1.165, 1.54) is 6.92 Å². The Hall–Kier alpha value is -2.22. The predicted octanol–water partition coefficient (Wildman–Crippen LogP) is 3.29. The van der Waals surface area contributed by atoms with E-state index in [0.29, 0.717) is 17.7 Å². The van der Waals surface area contributed by atoms with Gasteiger partial charge in [-0.25, -0.2) is 8.42 Å². The second-order valence-corrected chi connectivity index (χ2v) is 10.5. The number of rotatable bonds is 6. The minimum absolute atomic E-state index is 0.0131. The number of hydrogen-bond donors (Lipinski definition) is 1. The summed E-state index contributed by atoms with van der Waals surface area (Å²) in [7, 11) is -3.78. The van der Waals surface area contributed by atoms with E-state index in [-0.39, 0.29) is 11.9 Å². The van der Waals surface area contributed by atoms with E-state index >= 15 is 0 Å². The van der Waals surface area contributed by atoms with Gasteiger partial charge in [0, 0.05) is 11.6 Å². The van der Waals surface area contributed by atoms with Crippen LogP contribution in [0.5, 0.6) is 0 Å². The second-order valence-electron chi connectivity index (χ2n) is 8.21. The van der Waals surface area contributed by atoms with Crippen LogP contribution in [0.1, 0.15) is 51.5 Å². The van der Waals surface area contributed by atoms with Crippen molar-refractivity contribution in [3.05, 3.63) is 35.7 Å².